The molecule has 1 aromatic carbocycles. The summed E-state index contributed by atoms with van der Waals surface area (Å²) in [6, 6.07) is 7.30. The molecule has 0 radical (unpaired) electrons. The Morgan fingerprint density at radius 1 is 1.29 bits per heavy atom. The number of hydrazine groups is 1. The molecule has 0 spiro atoms. The van der Waals surface area contributed by atoms with E-state index in [4.69, 9.17) is 4.74 Å². The van der Waals surface area contributed by atoms with Crippen molar-refractivity contribution in [2.24, 2.45) is 0 Å². The summed E-state index contributed by atoms with van der Waals surface area (Å²) in [5.41, 5.74) is 2.34. The minimum atomic E-state index is -3.84. The molecule has 0 atom stereocenters. The number of nitrogens with one attached hydrogen (secondary N) is 3. The van der Waals surface area contributed by atoms with Gasteiger partial charge in [0.1, 0.15) is 11.4 Å². The summed E-state index contributed by atoms with van der Waals surface area (Å²) < 4.78 is 29.6. The van der Waals surface area contributed by atoms with Crippen molar-refractivity contribution < 1.29 is 17.9 Å². The minimum Gasteiger partial charge on any atom is -0.497 e. The maximum absolute atomic E-state index is 12.0. The molecule has 2 rings (SSSR count). The van der Waals surface area contributed by atoms with Gasteiger partial charge in [0.2, 0.25) is 0 Å². The van der Waals surface area contributed by atoms with E-state index in [1.165, 1.54) is 37.4 Å². The second kappa shape index (κ2) is 6.29. The number of rotatable bonds is 5. The Kier molecular flexibility index (Phi) is 4.66. The van der Waals surface area contributed by atoms with Gasteiger partial charge in [0.25, 0.3) is 15.9 Å². The molecule has 1 heterocycles. The zero-order chi connectivity index (χ0) is 15.5. The average Bonchev–Trinajstić information content (AvgIpc) is 2.91. The van der Waals surface area contributed by atoms with Gasteiger partial charge in [-0.2, -0.15) is 0 Å². The highest BCUT2D eigenvalue weighted by Gasteiger charge is 2.16. The topological polar surface area (TPSA) is 100 Å². The van der Waals surface area contributed by atoms with Gasteiger partial charge in [0.15, 0.2) is 0 Å². The number of aromatic amines is 1. The number of halogens is 1. The lowest BCUT2D eigenvalue weighted by atomic mass is 10.3. The molecule has 9 heteroatoms. The summed E-state index contributed by atoms with van der Waals surface area (Å²) in [7, 11) is -2.36. The van der Waals surface area contributed by atoms with Crippen molar-refractivity contribution in [3.8, 4) is 5.75 Å². The van der Waals surface area contributed by atoms with E-state index in [2.05, 4.69) is 26.3 Å². The minimum absolute atomic E-state index is 0.0104. The molecule has 0 fully saturated rings. The number of amides is 1. The fourth-order valence-electron chi connectivity index (χ4n) is 1.49. The van der Waals surface area contributed by atoms with Crippen LogP contribution in [-0.4, -0.2) is 26.4 Å². The summed E-state index contributed by atoms with van der Waals surface area (Å²) in [5, 5.41) is 0. The van der Waals surface area contributed by atoms with Crippen LogP contribution in [-0.2, 0) is 10.0 Å². The Bertz CT molecular complexity index is 740. The van der Waals surface area contributed by atoms with Crippen LogP contribution >= 0.6 is 15.9 Å². The maximum atomic E-state index is 12.0. The first-order valence-electron chi connectivity index (χ1n) is 5.72. The number of hydrogen-bond donors (Lipinski definition) is 3. The van der Waals surface area contributed by atoms with Gasteiger partial charge in [-0.05, 0) is 46.3 Å². The van der Waals surface area contributed by atoms with E-state index in [-0.39, 0.29) is 10.6 Å². The van der Waals surface area contributed by atoms with Crippen LogP contribution in [0.5, 0.6) is 5.75 Å². The lowest BCUT2D eigenvalue weighted by molar-refractivity contribution is 0.0940. The lowest BCUT2D eigenvalue weighted by Gasteiger charge is -2.08. The molecule has 1 amide bonds. The van der Waals surface area contributed by atoms with Gasteiger partial charge in [0.05, 0.1) is 12.0 Å². The fourth-order valence-corrected chi connectivity index (χ4v) is 2.68. The van der Waals surface area contributed by atoms with Crippen molar-refractivity contribution in [3.63, 3.8) is 0 Å². The lowest BCUT2D eigenvalue weighted by Crippen LogP contribution is -2.41. The van der Waals surface area contributed by atoms with Gasteiger partial charge in [-0.3, -0.25) is 10.2 Å². The standard InChI is InChI=1S/C12H12BrN3O4S/c1-20-9-2-4-10(5-3-9)21(18,19)16-15-12(17)11-6-8(13)7-14-11/h2-7,14,16H,1H3,(H,15,17). The van der Waals surface area contributed by atoms with Crippen molar-refractivity contribution in [1.82, 2.24) is 15.2 Å². The van der Waals surface area contributed by atoms with E-state index in [1.54, 1.807) is 6.20 Å². The smallest absolute Gasteiger partial charge is 0.282 e. The van der Waals surface area contributed by atoms with Crippen molar-refractivity contribution in [1.29, 1.82) is 0 Å². The Balaban J connectivity index is 2.05. The van der Waals surface area contributed by atoms with E-state index < -0.39 is 15.9 Å². The first kappa shape index (κ1) is 15.5. The molecule has 2 aromatic rings. The molecule has 0 saturated carbocycles. The van der Waals surface area contributed by atoms with E-state index >= 15 is 0 Å². The highest BCUT2D eigenvalue weighted by Crippen LogP contribution is 2.15. The van der Waals surface area contributed by atoms with Crippen molar-refractivity contribution >= 4 is 31.9 Å². The van der Waals surface area contributed by atoms with Crippen molar-refractivity contribution in [3.05, 3.63) is 46.7 Å². The van der Waals surface area contributed by atoms with Crippen LogP contribution < -0.4 is 15.0 Å². The first-order valence-corrected chi connectivity index (χ1v) is 8.00. The summed E-state index contributed by atoms with van der Waals surface area (Å²) in [6.45, 7) is 0. The monoisotopic (exact) mass is 373 g/mol. The van der Waals surface area contributed by atoms with E-state index in [0.717, 1.165) is 0 Å². The second-order valence-electron chi connectivity index (χ2n) is 3.97. The molecular formula is C12H12BrN3O4S. The Morgan fingerprint density at radius 3 is 2.48 bits per heavy atom. The molecule has 1 aromatic heterocycles. The van der Waals surface area contributed by atoms with Crippen molar-refractivity contribution in [2.75, 3.05) is 7.11 Å². The summed E-state index contributed by atoms with van der Waals surface area (Å²) in [4.78, 5) is 16.4. The molecule has 0 unspecified atom stereocenters. The number of carbonyl (C=O) groups excluding carboxylic acids is 1. The normalized spacial score (nSPS) is 11.1. The largest absolute Gasteiger partial charge is 0.497 e. The molecule has 0 aliphatic rings. The van der Waals surface area contributed by atoms with E-state index in [0.29, 0.717) is 10.2 Å². The highest BCUT2D eigenvalue weighted by molar-refractivity contribution is 9.10. The fraction of sp³-hybridized carbons (Fsp3) is 0.0833. The number of H-pyrrole nitrogens is 1. The highest BCUT2D eigenvalue weighted by atomic mass is 79.9. The number of hydrogen-bond acceptors (Lipinski definition) is 4. The third kappa shape index (κ3) is 3.84. The van der Waals surface area contributed by atoms with Crippen LogP contribution in [0.4, 0.5) is 0 Å². The van der Waals surface area contributed by atoms with E-state index in [1.807, 2.05) is 4.83 Å². The predicted octanol–water partition coefficient (Wildman–Crippen LogP) is 1.41. The van der Waals surface area contributed by atoms with Crippen LogP contribution in [0.3, 0.4) is 0 Å². The van der Waals surface area contributed by atoms with Gasteiger partial charge < -0.3 is 9.72 Å². The first-order chi connectivity index (χ1) is 9.92. The van der Waals surface area contributed by atoms with Crippen LogP contribution in [0.2, 0.25) is 0 Å². The molecule has 7 nitrogen and oxygen atoms in total. The second-order valence-corrected chi connectivity index (χ2v) is 6.56. The Hall–Kier alpha value is -1.84. The zero-order valence-electron chi connectivity index (χ0n) is 10.9. The van der Waals surface area contributed by atoms with Crippen LogP contribution in [0.25, 0.3) is 0 Å². The van der Waals surface area contributed by atoms with Gasteiger partial charge in [-0.25, -0.2) is 8.42 Å². The predicted molar refractivity (Wildman–Crippen MR) is 79.3 cm³/mol. The molecule has 3 N–H and O–H groups in total. The SMILES string of the molecule is COc1ccc(S(=O)(=O)NNC(=O)c2cc(Br)c[nH]2)cc1. The molecule has 0 bridgehead atoms. The molecular weight excluding hydrogens is 362 g/mol. The van der Waals surface area contributed by atoms with Gasteiger partial charge in [-0.1, -0.05) is 0 Å². The Morgan fingerprint density at radius 2 is 1.95 bits per heavy atom. The number of aromatic nitrogens is 1. The number of methoxy groups -OCH3 is 1. The number of benzene rings is 1. The molecule has 0 aliphatic heterocycles. The number of carbonyl (C=O) groups is 1. The summed E-state index contributed by atoms with van der Waals surface area (Å²) in [5.74, 6) is -0.0630. The zero-order valence-corrected chi connectivity index (χ0v) is 13.3. The quantitative estimate of drug-likeness (QED) is 0.689. The molecule has 21 heavy (non-hydrogen) atoms. The molecule has 0 aliphatic carbocycles. The third-order valence-corrected chi connectivity index (χ3v) is 4.28. The van der Waals surface area contributed by atoms with Crippen LogP contribution in [0.1, 0.15) is 10.5 Å². The van der Waals surface area contributed by atoms with Gasteiger partial charge in [0, 0.05) is 10.7 Å². The summed E-state index contributed by atoms with van der Waals surface area (Å²) >= 11 is 3.18. The number of sulfonamides is 1. The molecule has 0 saturated heterocycles. The van der Waals surface area contributed by atoms with Crippen LogP contribution in [0, 0.1) is 0 Å². The van der Waals surface area contributed by atoms with Crippen molar-refractivity contribution in [2.45, 2.75) is 4.90 Å². The van der Waals surface area contributed by atoms with Crippen LogP contribution in [0.15, 0.2) is 45.9 Å². The number of ether oxygens (including phenoxy) is 1. The maximum Gasteiger partial charge on any atom is 0.282 e. The van der Waals surface area contributed by atoms with Gasteiger partial charge in [-0.15, -0.1) is 4.83 Å². The average molecular weight is 374 g/mol. The van der Waals surface area contributed by atoms with Gasteiger partial charge >= 0.3 is 0 Å². The summed E-state index contributed by atoms with van der Waals surface area (Å²) in [6.07, 6.45) is 1.56. The third-order valence-electron chi connectivity index (χ3n) is 2.56. The Labute approximate surface area is 129 Å². The van der Waals surface area contributed by atoms with E-state index in [9.17, 15) is 13.2 Å². The molecule has 112 valence electrons.